The maximum Gasteiger partial charge on any atom is 0.140 e. The van der Waals surface area contributed by atoms with Crippen LogP contribution in [0.1, 0.15) is 32.3 Å². The topological polar surface area (TPSA) is 17.1 Å². The van der Waals surface area contributed by atoms with Crippen LogP contribution >= 0.6 is 23.2 Å². The van der Waals surface area contributed by atoms with Crippen LogP contribution in [0.25, 0.3) is 0 Å². The van der Waals surface area contributed by atoms with Crippen molar-refractivity contribution in [3.8, 4) is 0 Å². The summed E-state index contributed by atoms with van der Waals surface area (Å²) < 4.78 is 0. The Bertz CT molecular complexity index is 370. The first kappa shape index (κ1) is 13.5. The first-order valence-electron chi connectivity index (χ1n) is 5.55. The van der Waals surface area contributed by atoms with E-state index < -0.39 is 0 Å². The first-order valence-corrected chi connectivity index (χ1v) is 6.30. The molecule has 0 aliphatic carbocycles. The van der Waals surface area contributed by atoms with Gasteiger partial charge in [-0.2, -0.15) is 0 Å². The highest BCUT2D eigenvalue weighted by molar-refractivity contribution is 6.42. The Morgan fingerprint density at radius 1 is 1.19 bits per heavy atom. The molecule has 0 aromatic heterocycles. The van der Waals surface area contributed by atoms with Gasteiger partial charge in [-0.1, -0.05) is 43.1 Å². The molecule has 0 amide bonds. The second-order valence-electron chi connectivity index (χ2n) is 3.90. The third kappa shape index (κ3) is 3.50. The van der Waals surface area contributed by atoms with Crippen LogP contribution in [0.5, 0.6) is 0 Å². The number of carbonyl (C=O) groups is 1. The molecule has 0 spiro atoms. The van der Waals surface area contributed by atoms with E-state index in [9.17, 15) is 4.79 Å². The predicted octanol–water partition coefficient (Wildman–Crippen LogP) is 4.54. The lowest BCUT2D eigenvalue weighted by Crippen LogP contribution is -2.15. The molecule has 0 fully saturated rings. The fourth-order valence-corrected chi connectivity index (χ4v) is 2.06. The number of hydrogen-bond donors (Lipinski definition) is 0. The van der Waals surface area contributed by atoms with Gasteiger partial charge in [-0.25, -0.2) is 0 Å². The molecule has 1 rings (SSSR count). The molecule has 3 heteroatoms. The maximum atomic E-state index is 11.9. The zero-order valence-corrected chi connectivity index (χ0v) is 11.1. The zero-order valence-electron chi connectivity index (χ0n) is 9.59. The van der Waals surface area contributed by atoms with Crippen molar-refractivity contribution in [3.63, 3.8) is 0 Å². The fraction of sp³-hybridized carbons (Fsp3) is 0.462. The fourth-order valence-electron chi connectivity index (χ4n) is 1.74. The smallest absolute Gasteiger partial charge is 0.140 e. The van der Waals surface area contributed by atoms with Crippen molar-refractivity contribution in [1.82, 2.24) is 0 Å². The summed E-state index contributed by atoms with van der Waals surface area (Å²) >= 11 is 11.7. The van der Waals surface area contributed by atoms with Crippen molar-refractivity contribution in [2.75, 3.05) is 0 Å². The largest absolute Gasteiger partial charge is 0.299 e. The summed E-state index contributed by atoms with van der Waals surface area (Å²) in [5.74, 6) is 0.442. The average molecular weight is 259 g/mol. The number of carbonyl (C=O) groups excluding carboxylic acids is 1. The Kier molecular flexibility index (Phi) is 5.30. The highest BCUT2D eigenvalue weighted by Crippen LogP contribution is 2.23. The van der Waals surface area contributed by atoms with Crippen molar-refractivity contribution in [2.45, 2.75) is 33.1 Å². The second-order valence-corrected chi connectivity index (χ2v) is 4.72. The van der Waals surface area contributed by atoms with Crippen LogP contribution in [0.15, 0.2) is 18.2 Å². The third-order valence-electron chi connectivity index (χ3n) is 2.80. The van der Waals surface area contributed by atoms with E-state index in [1.54, 1.807) is 12.1 Å². The predicted molar refractivity (Wildman–Crippen MR) is 69.2 cm³/mol. The summed E-state index contributed by atoms with van der Waals surface area (Å²) in [4.78, 5) is 11.9. The molecule has 1 aromatic carbocycles. The molecule has 0 N–H and O–H groups in total. The van der Waals surface area contributed by atoms with E-state index in [1.165, 1.54) is 0 Å². The molecule has 0 saturated carbocycles. The minimum Gasteiger partial charge on any atom is -0.299 e. The molecule has 1 aromatic rings. The van der Waals surface area contributed by atoms with E-state index in [-0.39, 0.29) is 11.7 Å². The van der Waals surface area contributed by atoms with Gasteiger partial charge in [0.25, 0.3) is 0 Å². The molecule has 0 heterocycles. The van der Waals surface area contributed by atoms with E-state index in [1.807, 2.05) is 19.9 Å². The van der Waals surface area contributed by atoms with Gasteiger partial charge in [0.1, 0.15) is 5.78 Å². The van der Waals surface area contributed by atoms with Gasteiger partial charge in [0.05, 0.1) is 10.0 Å². The van der Waals surface area contributed by atoms with Crippen LogP contribution in [0.3, 0.4) is 0 Å². The molecular weight excluding hydrogens is 243 g/mol. The van der Waals surface area contributed by atoms with Crippen LogP contribution in [0, 0.1) is 5.92 Å². The Labute approximate surface area is 107 Å². The van der Waals surface area contributed by atoms with E-state index >= 15 is 0 Å². The lowest BCUT2D eigenvalue weighted by molar-refractivity contribution is -0.122. The summed E-state index contributed by atoms with van der Waals surface area (Å²) in [5, 5.41) is 1.04. The monoisotopic (exact) mass is 258 g/mol. The van der Waals surface area contributed by atoms with Crippen LogP contribution in [-0.4, -0.2) is 5.78 Å². The van der Waals surface area contributed by atoms with E-state index in [0.717, 1.165) is 18.4 Å². The second kappa shape index (κ2) is 6.27. The Hall–Kier alpha value is -0.530. The standard InChI is InChI=1S/C13H16Cl2O/c1-3-10(4-2)13(16)8-9-5-6-11(14)12(15)7-9/h5-7,10H,3-4,8H2,1-2H3. The van der Waals surface area contributed by atoms with Crippen LogP contribution in [-0.2, 0) is 11.2 Å². The quantitative estimate of drug-likeness (QED) is 0.758. The molecule has 0 aliphatic heterocycles. The van der Waals surface area contributed by atoms with E-state index in [2.05, 4.69) is 0 Å². The average Bonchev–Trinajstić information content (AvgIpc) is 2.25. The Morgan fingerprint density at radius 2 is 1.81 bits per heavy atom. The molecule has 16 heavy (non-hydrogen) atoms. The molecule has 0 bridgehead atoms. The molecule has 0 saturated heterocycles. The lowest BCUT2D eigenvalue weighted by atomic mass is 9.93. The van der Waals surface area contributed by atoms with Gasteiger partial charge in [-0.05, 0) is 30.5 Å². The van der Waals surface area contributed by atoms with Crippen molar-refractivity contribution in [2.24, 2.45) is 5.92 Å². The number of Topliss-reactive ketones (excluding diaryl/α,β-unsaturated/α-hetero) is 1. The van der Waals surface area contributed by atoms with Gasteiger partial charge in [0.15, 0.2) is 0 Å². The Morgan fingerprint density at radius 3 is 2.31 bits per heavy atom. The van der Waals surface area contributed by atoms with Gasteiger partial charge in [-0.3, -0.25) is 4.79 Å². The van der Waals surface area contributed by atoms with Crippen LogP contribution in [0.2, 0.25) is 10.0 Å². The van der Waals surface area contributed by atoms with Gasteiger partial charge in [0.2, 0.25) is 0 Å². The van der Waals surface area contributed by atoms with Crippen molar-refractivity contribution in [1.29, 1.82) is 0 Å². The molecular formula is C13H16Cl2O. The minimum atomic E-state index is 0.162. The van der Waals surface area contributed by atoms with E-state index in [4.69, 9.17) is 23.2 Å². The molecule has 0 unspecified atom stereocenters. The van der Waals surface area contributed by atoms with Gasteiger partial charge in [-0.15, -0.1) is 0 Å². The van der Waals surface area contributed by atoms with Crippen LogP contribution in [0.4, 0.5) is 0 Å². The number of halogens is 2. The van der Waals surface area contributed by atoms with Gasteiger partial charge >= 0.3 is 0 Å². The molecule has 0 atom stereocenters. The summed E-state index contributed by atoms with van der Waals surface area (Å²) in [6.45, 7) is 4.09. The van der Waals surface area contributed by atoms with Gasteiger partial charge < -0.3 is 0 Å². The maximum absolute atomic E-state index is 11.9. The molecule has 1 nitrogen and oxygen atoms in total. The molecule has 0 aliphatic rings. The summed E-state index contributed by atoms with van der Waals surface area (Å²) in [6.07, 6.45) is 2.25. The van der Waals surface area contributed by atoms with Crippen LogP contribution < -0.4 is 0 Å². The van der Waals surface area contributed by atoms with E-state index in [0.29, 0.717) is 16.5 Å². The highest BCUT2D eigenvalue weighted by atomic mass is 35.5. The SMILES string of the molecule is CCC(CC)C(=O)Cc1ccc(Cl)c(Cl)c1. The normalized spacial score (nSPS) is 10.8. The third-order valence-corrected chi connectivity index (χ3v) is 3.54. The number of rotatable bonds is 5. The highest BCUT2D eigenvalue weighted by Gasteiger charge is 2.14. The molecule has 0 radical (unpaired) electrons. The summed E-state index contributed by atoms with van der Waals surface area (Å²) in [5.41, 5.74) is 0.936. The number of hydrogen-bond acceptors (Lipinski definition) is 1. The summed E-state index contributed by atoms with van der Waals surface area (Å²) in [7, 11) is 0. The van der Waals surface area contributed by atoms with Crippen molar-refractivity contribution < 1.29 is 4.79 Å². The minimum absolute atomic E-state index is 0.162. The van der Waals surface area contributed by atoms with Gasteiger partial charge in [0, 0.05) is 12.3 Å². The van der Waals surface area contributed by atoms with Crippen molar-refractivity contribution >= 4 is 29.0 Å². The number of benzene rings is 1. The molecule has 88 valence electrons. The summed E-state index contributed by atoms with van der Waals surface area (Å²) in [6, 6.07) is 5.36. The number of ketones is 1. The zero-order chi connectivity index (χ0) is 12.1. The Balaban J connectivity index is 2.73. The first-order chi connectivity index (χ1) is 7.58. The van der Waals surface area contributed by atoms with Crippen molar-refractivity contribution in [3.05, 3.63) is 33.8 Å². The lowest BCUT2D eigenvalue weighted by Gasteiger charge is -2.11.